The first-order chi connectivity index (χ1) is 16.3. The van der Waals surface area contributed by atoms with Crippen molar-refractivity contribution in [1.29, 1.82) is 0 Å². The molecule has 5 rings (SSSR count). The van der Waals surface area contributed by atoms with Gasteiger partial charge in [-0.2, -0.15) is 4.98 Å². The van der Waals surface area contributed by atoms with Crippen molar-refractivity contribution < 1.29 is 25.8 Å². The van der Waals surface area contributed by atoms with Crippen molar-refractivity contribution in [1.82, 2.24) is 19.5 Å². The molecule has 1 saturated carbocycles. The molecule has 0 spiro atoms. The van der Waals surface area contributed by atoms with Gasteiger partial charge in [0.15, 0.2) is 17.3 Å². The number of aliphatic hydroxyl groups is 1. The zero-order valence-electron chi connectivity index (χ0n) is 19.0. The van der Waals surface area contributed by atoms with Crippen LogP contribution < -0.4 is 10.6 Å². The van der Waals surface area contributed by atoms with Gasteiger partial charge in [0, 0.05) is 24.7 Å². The van der Waals surface area contributed by atoms with Crippen LogP contribution in [0.4, 0.5) is 30.8 Å². The summed E-state index contributed by atoms with van der Waals surface area (Å²) in [5.74, 6) is -4.11. The number of fused-ring (bicyclic) bond motifs is 1. The number of aliphatic hydroxyl groups excluding tert-OH is 1. The van der Waals surface area contributed by atoms with Gasteiger partial charge < -0.3 is 20.5 Å². The lowest BCUT2D eigenvalue weighted by Crippen LogP contribution is -2.29. The van der Waals surface area contributed by atoms with E-state index in [1.165, 1.54) is 6.20 Å². The number of nitrogens with one attached hydrogen (secondary N) is 2. The van der Waals surface area contributed by atoms with Gasteiger partial charge in [0.1, 0.15) is 17.0 Å². The molecule has 1 aliphatic heterocycles. The molecule has 2 fully saturated rings. The topological polar surface area (TPSA) is 97.1 Å². The van der Waals surface area contributed by atoms with Gasteiger partial charge in [-0.15, -0.1) is 0 Å². The molecule has 0 bridgehead atoms. The van der Waals surface area contributed by atoms with E-state index >= 15 is 0 Å². The molecule has 32 heavy (non-hydrogen) atoms. The highest BCUT2D eigenvalue weighted by atomic mass is 19.1. The van der Waals surface area contributed by atoms with E-state index in [1.807, 2.05) is 0 Å². The Morgan fingerprint density at radius 1 is 1.09 bits per heavy atom. The van der Waals surface area contributed by atoms with E-state index in [-0.39, 0.29) is 24.1 Å². The summed E-state index contributed by atoms with van der Waals surface area (Å²) >= 11 is 0. The number of anilines is 3. The number of hydrogen-bond donors (Lipinski definition) is 3. The van der Waals surface area contributed by atoms with E-state index in [1.54, 1.807) is 4.57 Å². The van der Waals surface area contributed by atoms with Gasteiger partial charge in [-0.1, -0.05) is 0 Å². The molecule has 2 aliphatic rings. The van der Waals surface area contributed by atoms with Crippen molar-refractivity contribution in [2.75, 3.05) is 23.8 Å². The number of rotatable bonds is 5. The number of benzene rings is 1. The molecule has 3 aromatic rings. The second kappa shape index (κ2) is 8.55. The minimum Gasteiger partial charge on any atom is -0.393 e. The predicted octanol–water partition coefficient (Wildman–Crippen LogP) is 3.66. The van der Waals surface area contributed by atoms with Gasteiger partial charge in [-0.3, -0.25) is 4.57 Å². The zero-order chi connectivity index (χ0) is 24.0. The molecule has 3 N–H and O–H groups in total. The summed E-state index contributed by atoms with van der Waals surface area (Å²) < 4.78 is 65.1. The second-order valence-electron chi connectivity index (χ2n) is 8.07. The van der Waals surface area contributed by atoms with Crippen LogP contribution in [0.5, 0.6) is 0 Å². The fraction of sp³-hybridized carbons (Fsp3) is 0.476. The van der Waals surface area contributed by atoms with Crippen LogP contribution >= 0.6 is 0 Å². The van der Waals surface area contributed by atoms with E-state index in [0.29, 0.717) is 49.6 Å². The Morgan fingerprint density at radius 3 is 2.53 bits per heavy atom. The largest absolute Gasteiger partial charge is 0.393 e. The summed E-state index contributed by atoms with van der Waals surface area (Å²) in [5.41, 5.74) is -0.0652. The molecule has 170 valence electrons. The fourth-order valence-electron chi connectivity index (χ4n) is 4.19. The standard InChI is InChI=1S/C21H23F3N6O2/c22-11-7-15(23)18(16(24)8-11)28-21-27-17-9-25-20(26-12-1-3-14(31)4-2-12)29-19(17)30(21)13-5-6-32-10-13/h7-9,12-14,31H,1-6,10H2,(H,27,28)(H,25,26,29)/t12-,13-,14-/m0/s1/i7D,8D. The molecule has 2 aromatic heterocycles. The van der Waals surface area contributed by atoms with Crippen LogP contribution in [0.2, 0.25) is 0 Å². The maximum Gasteiger partial charge on any atom is 0.224 e. The fourth-order valence-corrected chi connectivity index (χ4v) is 4.19. The molecular weight excluding hydrogens is 425 g/mol. The minimum atomic E-state index is -1.57. The van der Waals surface area contributed by atoms with Crippen LogP contribution in [0.3, 0.4) is 0 Å². The zero-order valence-corrected chi connectivity index (χ0v) is 17.0. The van der Waals surface area contributed by atoms with Crippen LogP contribution in [0, 0.1) is 17.5 Å². The van der Waals surface area contributed by atoms with Gasteiger partial charge in [-0.05, 0) is 32.1 Å². The van der Waals surface area contributed by atoms with Crippen molar-refractivity contribution in [3.05, 3.63) is 35.7 Å². The lowest BCUT2D eigenvalue weighted by molar-refractivity contribution is 0.126. The molecule has 1 saturated heterocycles. The number of imidazole rings is 1. The quantitative estimate of drug-likeness (QED) is 0.546. The predicted molar refractivity (Wildman–Crippen MR) is 111 cm³/mol. The summed E-state index contributed by atoms with van der Waals surface area (Å²) in [6.07, 6.45) is 4.74. The molecule has 11 heteroatoms. The lowest BCUT2D eigenvalue weighted by Gasteiger charge is -2.26. The number of aromatic nitrogens is 4. The summed E-state index contributed by atoms with van der Waals surface area (Å²) in [7, 11) is 0. The molecule has 1 aliphatic carbocycles. The molecule has 0 radical (unpaired) electrons. The summed E-state index contributed by atoms with van der Waals surface area (Å²) in [5, 5.41) is 15.5. The SMILES string of the molecule is [2H]c1c(F)c([2H])c(F)c(Nc2nc3cnc(N[C@H]4CC[C@H](O)CC4)nc3n2[C@H]2CCOC2)c1F. The average Bonchev–Trinajstić information content (AvgIpc) is 3.48. The number of hydrogen-bond acceptors (Lipinski definition) is 7. The van der Waals surface area contributed by atoms with Crippen molar-refractivity contribution >= 4 is 28.7 Å². The Labute approximate surface area is 184 Å². The highest BCUT2D eigenvalue weighted by Crippen LogP contribution is 2.32. The van der Waals surface area contributed by atoms with Crippen molar-refractivity contribution in [2.24, 2.45) is 0 Å². The molecule has 3 heterocycles. The Bertz CT molecular complexity index is 1200. The number of ether oxygens (including phenoxy) is 1. The van der Waals surface area contributed by atoms with Crippen LogP contribution in [0.15, 0.2) is 18.3 Å². The van der Waals surface area contributed by atoms with Crippen molar-refractivity contribution in [3.8, 4) is 0 Å². The highest BCUT2D eigenvalue weighted by molar-refractivity contribution is 5.76. The van der Waals surface area contributed by atoms with Crippen LogP contribution in [0.25, 0.3) is 11.2 Å². The van der Waals surface area contributed by atoms with Gasteiger partial charge in [0.25, 0.3) is 0 Å². The Morgan fingerprint density at radius 2 is 1.84 bits per heavy atom. The third-order valence-electron chi connectivity index (χ3n) is 5.85. The first-order valence-electron chi connectivity index (χ1n) is 11.5. The van der Waals surface area contributed by atoms with E-state index in [0.717, 1.165) is 12.8 Å². The van der Waals surface area contributed by atoms with Gasteiger partial charge in [0.05, 0.1) is 27.7 Å². The van der Waals surface area contributed by atoms with E-state index in [2.05, 4.69) is 25.6 Å². The molecule has 1 aromatic carbocycles. The number of nitrogens with zero attached hydrogens (tertiary/aromatic N) is 4. The molecule has 8 nitrogen and oxygen atoms in total. The first kappa shape index (κ1) is 18.6. The Balaban J connectivity index is 1.54. The monoisotopic (exact) mass is 450 g/mol. The summed E-state index contributed by atoms with van der Waals surface area (Å²) in [4.78, 5) is 13.3. The normalized spacial score (nSPS) is 24.4. The maximum atomic E-state index is 14.6. The van der Waals surface area contributed by atoms with Gasteiger partial charge >= 0.3 is 0 Å². The lowest BCUT2D eigenvalue weighted by atomic mass is 9.93. The molecule has 1 atom stereocenters. The van der Waals surface area contributed by atoms with Crippen LogP contribution in [-0.2, 0) is 4.74 Å². The van der Waals surface area contributed by atoms with Gasteiger partial charge in [0.2, 0.25) is 11.9 Å². The van der Waals surface area contributed by atoms with Crippen LogP contribution in [-0.4, -0.2) is 50.0 Å². The van der Waals surface area contributed by atoms with E-state index in [4.69, 9.17) is 7.48 Å². The molecular formula is C21H23F3N6O2. The summed E-state index contributed by atoms with van der Waals surface area (Å²) in [6.45, 7) is 0.812. The third kappa shape index (κ3) is 4.09. The van der Waals surface area contributed by atoms with E-state index in [9.17, 15) is 18.3 Å². The second-order valence-corrected chi connectivity index (χ2v) is 8.07. The Kier molecular flexibility index (Phi) is 4.98. The molecule has 0 amide bonds. The Hall–Kier alpha value is -2.92. The average molecular weight is 450 g/mol. The minimum absolute atomic E-state index is 0.0148. The maximum absolute atomic E-state index is 14.6. The van der Waals surface area contributed by atoms with Gasteiger partial charge in [-0.25, -0.2) is 23.1 Å². The van der Waals surface area contributed by atoms with Crippen LogP contribution in [0.1, 0.15) is 40.9 Å². The molecule has 0 unspecified atom stereocenters. The highest BCUT2D eigenvalue weighted by Gasteiger charge is 2.27. The summed E-state index contributed by atoms with van der Waals surface area (Å²) in [6, 6.07) is -2.54. The first-order valence-corrected chi connectivity index (χ1v) is 10.5. The van der Waals surface area contributed by atoms with E-state index < -0.39 is 35.2 Å². The number of halogens is 3. The third-order valence-corrected chi connectivity index (χ3v) is 5.85. The smallest absolute Gasteiger partial charge is 0.224 e. The van der Waals surface area contributed by atoms with Crippen molar-refractivity contribution in [2.45, 2.75) is 50.3 Å². The van der Waals surface area contributed by atoms with Crippen molar-refractivity contribution in [3.63, 3.8) is 0 Å².